The summed E-state index contributed by atoms with van der Waals surface area (Å²) in [5.41, 5.74) is 5.76. The topological polar surface area (TPSA) is 117 Å². The molecule has 11 nitrogen and oxygen atoms in total. The molecule has 2 aromatic carbocycles. The lowest BCUT2D eigenvalue weighted by Crippen LogP contribution is -2.58. The zero-order valence-electron chi connectivity index (χ0n) is 31.0. The Kier molecular flexibility index (Phi) is 14.2. The summed E-state index contributed by atoms with van der Waals surface area (Å²) < 4.78 is 11.3. The molecule has 3 atom stereocenters. The minimum atomic E-state index is -0.592. The largest absolute Gasteiger partial charge is 0.512 e. The molecule has 2 saturated heterocycles. The van der Waals surface area contributed by atoms with Gasteiger partial charge in [0.05, 0.1) is 20.1 Å². The van der Waals surface area contributed by atoms with Crippen molar-refractivity contribution in [2.45, 2.75) is 90.7 Å². The normalized spacial score (nSPS) is 20.7. The quantitative estimate of drug-likeness (QED) is 0.127. The van der Waals surface area contributed by atoms with Crippen molar-refractivity contribution in [3.63, 3.8) is 0 Å². The third kappa shape index (κ3) is 12.0. The molecule has 2 fully saturated rings. The molecule has 1 aromatic heterocycles. The van der Waals surface area contributed by atoms with E-state index < -0.39 is 6.16 Å². The van der Waals surface area contributed by atoms with Gasteiger partial charge >= 0.3 is 6.16 Å². The second-order valence-corrected chi connectivity index (χ2v) is 14.5. The van der Waals surface area contributed by atoms with E-state index in [4.69, 9.17) is 9.47 Å². The van der Waals surface area contributed by atoms with Crippen LogP contribution in [0.4, 0.5) is 16.2 Å². The summed E-state index contributed by atoms with van der Waals surface area (Å²) in [5.74, 6) is -0.142. The Morgan fingerprint density at radius 1 is 1.04 bits per heavy atom. The van der Waals surface area contributed by atoms with Crippen LogP contribution in [0.1, 0.15) is 91.9 Å². The number of benzene rings is 2. The van der Waals surface area contributed by atoms with Gasteiger partial charge in [0.25, 0.3) is 5.91 Å². The van der Waals surface area contributed by atoms with E-state index in [9.17, 15) is 9.59 Å². The molecule has 11 heteroatoms. The van der Waals surface area contributed by atoms with Gasteiger partial charge in [0, 0.05) is 55.0 Å². The van der Waals surface area contributed by atoms with Crippen LogP contribution in [0.25, 0.3) is 0 Å². The van der Waals surface area contributed by atoms with E-state index in [1.54, 1.807) is 0 Å². The number of hydrogen-bond acceptors (Lipinski definition) is 9. The third-order valence-corrected chi connectivity index (χ3v) is 10.2. The van der Waals surface area contributed by atoms with Crippen molar-refractivity contribution < 1.29 is 23.5 Å². The van der Waals surface area contributed by atoms with Crippen LogP contribution in [0.3, 0.4) is 0 Å². The number of quaternary nitrogens is 1. The Morgan fingerprint density at radius 2 is 1.80 bits per heavy atom. The average molecular weight is 701 g/mol. The molecule has 276 valence electrons. The van der Waals surface area contributed by atoms with Crippen molar-refractivity contribution in [2.75, 3.05) is 57.1 Å². The standard InChI is InChI=1S/C40H57N7O4/c1-5-31(3)51-40(49)50-29-47(4)24-22-46(23-25-47)28-32-15-17-33(18-16-32)38(48)43-35-19-14-30(2)37(26-35)45-39-42-21-10-8-6-7-9-13-36(44-39)34-12-11-20-41-27-34/h11-12,14-20,26-27,31,36,39,42,44-45H,5-10,13,21-25,28-29H2,1-4H3/p+1. The third-order valence-electron chi connectivity index (χ3n) is 10.2. The lowest BCUT2D eigenvalue weighted by atomic mass is 10.0. The fourth-order valence-corrected chi connectivity index (χ4v) is 6.53. The zero-order valence-corrected chi connectivity index (χ0v) is 31.0. The Morgan fingerprint density at radius 3 is 2.55 bits per heavy atom. The SMILES string of the molecule is CCC(C)OC(=O)OC[N+]1(C)CCN(Cc2ccc(C(=O)Nc3ccc(C)c(NC4NCCCCCCCC(c5cccnc5)N4)c3)cc2)CC1. The van der Waals surface area contributed by atoms with E-state index in [1.165, 1.54) is 31.2 Å². The van der Waals surface area contributed by atoms with E-state index in [1.807, 2.05) is 74.8 Å². The van der Waals surface area contributed by atoms with Crippen molar-refractivity contribution >= 4 is 23.4 Å². The summed E-state index contributed by atoms with van der Waals surface area (Å²) >= 11 is 0. The molecule has 0 saturated carbocycles. The molecule has 0 radical (unpaired) electrons. The van der Waals surface area contributed by atoms with E-state index in [0.717, 1.165) is 81.0 Å². The monoisotopic (exact) mass is 700 g/mol. The van der Waals surface area contributed by atoms with Gasteiger partial charge in [-0.2, -0.15) is 0 Å². The predicted octanol–water partition coefficient (Wildman–Crippen LogP) is 6.78. The number of anilines is 2. The van der Waals surface area contributed by atoms with Crippen LogP contribution in [-0.2, 0) is 16.0 Å². The molecule has 0 spiro atoms. The summed E-state index contributed by atoms with van der Waals surface area (Å²) in [7, 11) is 2.11. The first-order valence-corrected chi connectivity index (χ1v) is 18.8. The number of rotatable bonds is 11. The summed E-state index contributed by atoms with van der Waals surface area (Å²) in [6, 6.07) is 18.2. The van der Waals surface area contributed by atoms with Gasteiger partial charge in [-0.3, -0.25) is 29.8 Å². The molecular formula is C40H58N7O4+. The summed E-state index contributed by atoms with van der Waals surface area (Å²) in [6.45, 7) is 11.5. The highest BCUT2D eigenvalue weighted by molar-refractivity contribution is 6.04. The van der Waals surface area contributed by atoms with E-state index >= 15 is 0 Å². The van der Waals surface area contributed by atoms with Crippen LogP contribution in [-0.4, -0.2) is 85.3 Å². The van der Waals surface area contributed by atoms with Crippen LogP contribution < -0.4 is 21.3 Å². The maximum absolute atomic E-state index is 13.3. The highest BCUT2D eigenvalue weighted by Gasteiger charge is 2.30. The van der Waals surface area contributed by atoms with Gasteiger partial charge in [-0.15, -0.1) is 0 Å². The van der Waals surface area contributed by atoms with Crippen molar-refractivity contribution in [3.05, 3.63) is 89.2 Å². The number of carbonyl (C=O) groups excluding carboxylic acids is 2. The molecule has 2 aliphatic rings. The molecule has 0 bridgehead atoms. The Hall–Kier alpha value is -4.03. The Labute approximate surface area is 304 Å². The maximum atomic E-state index is 13.3. The van der Waals surface area contributed by atoms with E-state index in [0.29, 0.717) is 16.8 Å². The number of likely N-dealkylation sites (N-methyl/N-ethyl adjacent to an activating group) is 1. The van der Waals surface area contributed by atoms with Gasteiger partial charge < -0.3 is 20.1 Å². The molecule has 5 rings (SSSR count). The number of nitrogens with zero attached hydrogens (tertiary/aromatic N) is 3. The first-order valence-electron chi connectivity index (χ1n) is 18.8. The fraction of sp³-hybridized carbons (Fsp3) is 0.525. The van der Waals surface area contributed by atoms with Gasteiger partial charge in [-0.05, 0) is 86.7 Å². The number of aromatic nitrogens is 1. The van der Waals surface area contributed by atoms with Crippen LogP contribution in [0.2, 0.25) is 0 Å². The predicted molar refractivity (Wildman–Crippen MR) is 202 cm³/mol. The number of carbonyl (C=O) groups is 2. The fourth-order valence-electron chi connectivity index (χ4n) is 6.53. The lowest BCUT2D eigenvalue weighted by molar-refractivity contribution is -0.929. The van der Waals surface area contributed by atoms with Crippen LogP contribution in [0.15, 0.2) is 67.0 Å². The molecule has 4 N–H and O–H groups in total. The number of piperazine rings is 1. The highest BCUT2D eigenvalue weighted by atomic mass is 16.7. The first kappa shape index (κ1) is 38.2. The van der Waals surface area contributed by atoms with Crippen molar-refractivity contribution in [3.8, 4) is 0 Å². The Balaban J connectivity index is 1.14. The van der Waals surface area contributed by atoms with Gasteiger partial charge in [-0.25, -0.2) is 4.79 Å². The second kappa shape index (κ2) is 19.0. The molecule has 0 aliphatic carbocycles. The first-order chi connectivity index (χ1) is 24.7. The molecule has 3 aromatic rings. The zero-order chi connectivity index (χ0) is 36.1. The van der Waals surface area contributed by atoms with Crippen molar-refractivity contribution in [1.29, 1.82) is 0 Å². The van der Waals surface area contributed by atoms with Crippen LogP contribution in [0.5, 0.6) is 0 Å². The number of aryl methyl sites for hydroxylation is 1. The van der Waals surface area contributed by atoms with Crippen LogP contribution in [0, 0.1) is 6.92 Å². The van der Waals surface area contributed by atoms with Gasteiger partial charge in [0.1, 0.15) is 12.4 Å². The van der Waals surface area contributed by atoms with Crippen LogP contribution >= 0.6 is 0 Å². The van der Waals surface area contributed by atoms with Crippen molar-refractivity contribution in [2.24, 2.45) is 0 Å². The number of amides is 1. The minimum Gasteiger partial charge on any atom is -0.431 e. The van der Waals surface area contributed by atoms with Gasteiger partial charge in [0.2, 0.25) is 6.73 Å². The second-order valence-electron chi connectivity index (χ2n) is 14.5. The minimum absolute atomic E-state index is 0.141. The summed E-state index contributed by atoms with van der Waals surface area (Å²) in [4.78, 5) is 32.1. The molecular weight excluding hydrogens is 642 g/mol. The smallest absolute Gasteiger partial charge is 0.431 e. The van der Waals surface area contributed by atoms with E-state index in [2.05, 4.69) is 51.2 Å². The van der Waals surface area contributed by atoms with E-state index in [-0.39, 0.29) is 24.3 Å². The summed E-state index contributed by atoms with van der Waals surface area (Å²) in [5, 5.41) is 14.3. The van der Waals surface area contributed by atoms with Crippen molar-refractivity contribution in [1.82, 2.24) is 20.5 Å². The molecule has 1 amide bonds. The number of nitrogens with one attached hydrogen (secondary N) is 4. The number of ether oxygens (including phenoxy) is 2. The number of pyridine rings is 1. The lowest BCUT2D eigenvalue weighted by Gasteiger charge is -2.41. The molecule has 51 heavy (non-hydrogen) atoms. The van der Waals surface area contributed by atoms with Gasteiger partial charge in [0.15, 0.2) is 0 Å². The highest BCUT2D eigenvalue weighted by Crippen LogP contribution is 2.25. The maximum Gasteiger partial charge on any atom is 0.512 e. The molecule has 3 unspecified atom stereocenters. The number of hydrogen-bond donors (Lipinski definition) is 4. The Bertz CT molecular complexity index is 1530. The average Bonchev–Trinajstić information content (AvgIpc) is 3.19. The van der Waals surface area contributed by atoms with Gasteiger partial charge in [-0.1, -0.05) is 56.9 Å². The molecule has 3 heterocycles. The summed E-state index contributed by atoms with van der Waals surface area (Å²) in [6.07, 6.45) is 10.7. The molecule has 2 aliphatic heterocycles.